The molecule has 0 saturated carbocycles. The lowest BCUT2D eigenvalue weighted by molar-refractivity contribution is 0.340. The van der Waals surface area contributed by atoms with Crippen molar-refractivity contribution in [2.45, 2.75) is 50.5 Å². The van der Waals surface area contributed by atoms with Gasteiger partial charge >= 0.3 is 0 Å². The van der Waals surface area contributed by atoms with Crippen molar-refractivity contribution in [3.05, 3.63) is 42.6 Å². The van der Waals surface area contributed by atoms with Crippen LogP contribution < -0.4 is 14.4 Å². The van der Waals surface area contributed by atoms with E-state index in [2.05, 4.69) is 21.5 Å². The van der Waals surface area contributed by atoms with Gasteiger partial charge in [-0.3, -0.25) is 4.72 Å². The number of anilines is 2. The number of pyridine rings is 1. The summed E-state index contributed by atoms with van der Waals surface area (Å²) in [4.78, 5) is 6.88. The molecule has 1 aromatic carbocycles. The van der Waals surface area contributed by atoms with Crippen molar-refractivity contribution in [1.82, 2.24) is 4.98 Å². The molecule has 1 unspecified atom stereocenters. The minimum atomic E-state index is -3.68. The largest absolute Gasteiger partial charge is 0.494 e. The summed E-state index contributed by atoms with van der Waals surface area (Å²) < 4.78 is 33.0. The quantitative estimate of drug-likeness (QED) is 0.773. The molecule has 0 bridgehead atoms. The molecular weight excluding hydrogens is 362 g/mol. The van der Waals surface area contributed by atoms with Crippen LogP contribution in [0, 0.1) is 0 Å². The fourth-order valence-corrected chi connectivity index (χ4v) is 4.47. The van der Waals surface area contributed by atoms with E-state index >= 15 is 0 Å². The highest BCUT2D eigenvalue weighted by molar-refractivity contribution is 7.92. The van der Waals surface area contributed by atoms with Gasteiger partial charge in [0.05, 0.1) is 23.4 Å². The number of ether oxygens (including phenoxy) is 1. The summed E-state index contributed by atoms with van der Waals surface area (Å²) >= 11 is 0. The van der Waals surface area contributed by atoms with Crippen molar-refractivity contribution in [1.29, 1.82) is 0 Å². The Labute approximate surface area is 161 Å². The molecule has 0 amide bonds. The Morgan fingerprint density at radius 3 is 2.56 bits per heavy atom. The van der Waals surface area contributed by atoms with Crippen LogP contribution in [-0.4, -0.2) is 32.6 Å². The van der Waals surface area contributed by atoms with E-state index in [9.17, 15) is 8.42 Å². The molecule has 6 nitrogen and oxygen atoms in total. The third-order valence-corrected chi connectivity index (χ3v) is 6.23. The summed E-state index contributed by atoms with van der Waals surface area (Å²) in [6.45, 7) is 5.65. The van der Waals surface area contributed by atoms with Crippen LogP contribution in [0.4, 0.5) is 11.5 Å². The van der Waals surface area contributed by atoms with E-state index in [4.69, 9.17) is 4.74 Å². The van der Waals surface area contributed by atoms with Crippen molar-refractivity contribution < 1.29 is 13.2 Å². The van der Waals surface area contributed by atoms with Gasteiger partial charge in [0, 0.05) is 12.6 Å². The second kappa shape index (κ2) is 8.61. The summed E-state index contributed by atoms with van der Waals surface area (Å²) in [7, 11) is -3.68. The van der Waals surface area contributed by atoms with Crippen LogP contribution >= 0.6 is 0 Å². The van der Waals surface area contributed by atoms with E-state index in [1.807, 2.05) is 13.0 Å². The summed E-state index contributed by atoms with van der Waals surface area (Å²) in [5.74, 6) is 0.962. The molecule has 2 heterocycles. The molecule has 27 heavy (non-hydrogen) atoms. The van der Waals surface area contributed by atoms with Crippen LogP contribution in [0.25, 0.3) is 0 Å². The molecular formula is C20H27N3O3S. The molecule has 0 aliphatic carbocycles. The van der Waals surface area contributed by atoms with Gasteiger partial charge in [-0.15, -0.1) is 0 Å². The average molecular weight is 390 g/mol. The van der Waals surface area contributed by atoms with Gasteiger partial charge in [0.15, 0.2) is 0 Å². The number of aromatic nitrogens is 1. The monoisotopic (exact) mass is 389 g/mol. The van der Waals surface area contributed by atoms with Crippen LogP contribution in [0.5, 0.6) is 5.75 Å². The third kappa shape index (κ3) is 4.71. The second-order valence-corrected chi connectivity index (χ2v) is 8.35. The first-order valence-corrected chi connectivity index (χ1v) is 11.0. The number of hydrogen-bond acceptors (Lipinski definition) is 5. The van der Waals surface area contributed by atoms with E-state index in [0.29, 0.717) is 24.2 Å². The summed E-state index contributed by atoms with van der Waals surface area (Å²) in [6, 6.07) is 10.6. The van der Waals surface area contributed by atoms with Crippen molar-refractivity contribution in [3.63, 3.8) is 0 Å². The number of nitrogens with one attached hydrogen (secondary N) is 1. The Bertz CT molecular complexity index is 836. The zero-order valence-corrected chi connectivity index (χ0v) is 16.7. The van der Waals surface area contributed by atoms with Gasteiger partial charge in [0.2, 0.25) is 0 Å². The second-order valence-electron chi connectivity index (χ2n) is 6.66. The Hall–Kier alpha value is -2.28. The predicted octanol–water partition coefficient (Wildman–Crippen LogP) is 4.05. The van der Waals surface area contributed by atoms with Gasteiger partial charge in [-0.05, 0) is 69.0 Å². The lowest BCUT2D eigenvalue weighted by Gasteiger charge is -2.37. The highest BCUT2D eigenvalue weighted by atomic mass is 32.2. The minimum absolute atomic E-state index is 0.180. The first-order chi connectivity index (χ1) is 13.0. The lowest BCUT2D eigenvalue weighted by atomic mass is 9.99. The predicted molar refractivity (Wildman–Crippen MR) is 108 cm³/mol. The number of sulfonamides is 1. The van der Waals surface area contributed by atoms with E-state index < -0.39 is 10.0 Å². The Morgan fingerprint density at radius 1 is 1.15 bits per heavy atom. The highest BCUT2D eigenvalue weighted by Gasteiger charge is 2.21. The molecule has 1 aliphatic heterocycles. The van der Waals surface area contributed by atoms with E-state index in [1.165, 1.54) is 31.4 Å². The van der Waals surface area contributed by atoms with E-state index in [-0.39, 0.29) is 4.90 Å². The van der Waals surface area contributed by atoms with Crippen LogP contribution in [-0.2, 0) is 10.0 Å². The molecule has 0 spiro atoms. The maximum atomic E-state index is 12.6. The number of benzene rings is 1. The molecule has 1 aliphatic rings. The van der Waals surface area contributed by atoms with Crippen LogP contribution in [0.15, 0.2) is 47.5 Å². The number of rotatable bonds is 7. The van der Waals surface area contributed by atoms with Gasteiger partial charge in [-0.2, -0.15) is 0 Å². The Morgan fingerprint density at radius 2 is 1.93 bits per heavy atom. The molecule has 1 saturated heterocycles. The number of nitrogens with zero attached hydrogens (tertiary/aromatic N) is 2. The maximum Gasteiger partial charge on any atom is 0.263 e. The molecule has 1 fully saturated rings. The maximum absolute atomic E-state index is 12.6. The number of piperidine rings is 1. The van der Waals surface area contributed by atoms with Crippen LogP contribution in [0.2, 0.25) is 0 Å². The fraction of sp³-hybridized carbons (Fsp3) is 0.450. The average Bonchev–Trinajstić information content (AvgIpc) is 2.69. The topological polar surface area (TPSA) is 71.5 Å². The Balaban J connectivity index is 1.71. The highest BCUT2D eigenvalue weighted by Crippen LogP contribution is 2.27. The third-order valence-electron chi connectivity index (χ3n) is 4.86. The van der Waals surface area contributed by atoms with Crippen LogP contribution in [0.1, 0.15) is 39.5 Å². The first-order valence-electron chi connectivity index (χ1n) is 9.52. The van der Waals surface area contributed by atoms with Gasteiger partial charge in [0.1, 0.15) is 11.6 Å². The molecule has 1 N–H and O–H groups in total. The number of hydrogen-bond donors (Lipinski definition) is 1. The van der Waals surface area contributed by atoms with E-state index in [0.717, 1.165) is 18.7 Å². The molecule has 7 heteroatoms. The summed E-state index contributed by atoms with van der Waals surface area (Å²) in [5, 5.41) is 0. The molecule has 146 valence electrons. The molecule has 3 rings (SSSR count). The Kier molecular flexibility index (Phi) is 6.21. The van der Waals surface area contributed by atoms with Gasteiger partial charge < -0.3 is 9.64 Å². The lowest BCUT2D eigenvalue weighted by Crippen LogP contribution is -2.39. The zero-order chi connectivity index (χ0) is 19.3. The molecule has 2 aromatic rings. The fourth-order valence-electron chi connectivity index (χ4n) is 3.46. The molecule has 0 radical (unpaired) electrons. The summed E-state index contributed by atoms with van der Waals surface area (Å²) in [5.41, 5.74) is 1.05. The van der Waals surface area contributed by atoms with Crippen molar-refractivity contribution in [3.8, 4) is 5.75 Å². The minimum Gasteiger partial charge on any atom is -0.494 e. The smallest absolute Gasteiger partial charge is 0.263 e. The molecule has 1 aromatic heterocycles. The molecule has 1 atom stereocenters. The zero-order valence-electron chi connectivity index (χ0n) is 15.9. The normalized spacial score (nSPS) is 17.6. The van der Waals surface area contributed by atoms with Crippen LogP contribution in [0.3, 0.4) is 0 Å². The standard InChI is InChI=1S/C20H27N3O3S/c1-3-16-7-5-6-14-23(16)17-8-13-20(21-15-17)22-27(24,25)19-11-9-18(10-12-19)26-4-2/h8-13,15-16H,3-7,14H2,1-2H3,(H,21,22). The van der Waals surface area contributed by atoms with Crippen molar-refractivity contribution in [2.24, 2.45) is 0 Å². The van der Waals surface area contributed by atoms with Crippen molar-refractivity contribution in [2.75, 3.05) is 22.8 Å². The van der Waals surface area contributed by atoms with Gasteiger partial charge in [-0.25, -0.2) is 13.4 Å². The summed E-state index contributed by atoms with van der Waals surface area (Å²) in [6.07, 6.45) is 6.50. The van der Waals surface area contributed by atoms with E-state index in [1.54, 1.807) is 24.4 Å². The SMILES string of the molecule is CCOc1ccc(S(=O)(=O)Nc2ccc(N3CCCCC3CC)cn2)cc1. The van der Waals surface area contributed by atoms with Gasteiger partial charge in [-0.1, -0.05) is 6.92 Å². The van der Waals surface area contributed by atoms with Gasteiger partial charge in [0.25, 0.3) is 10.0 Å². The first kappa shape index (κ1) is 19.5. The van der Waals surface area contributed by atoms with Crippen molar-refractivity contribution >= 4 is 21.5 Å².